The first-order chi connectivity index (χ1) is 9.60. The Labute approximate surface area is 118 Å². The van der Waals surface area contributed by atoms with E-state index in [1.807, 2.05) is 0 Å². The van der Waals surface area contributed by atoms with Crippen LogP contribution in [0.5, 0.6) is 11.5 Å². The smallest absolute Gasteiger partial charge is 0.150 e. The van der Waals surface area contributed by atoms with Crippen molar-refractivity contribution >= 4 is 6.29 Å². The minimum absolute atomic E-state index is 0.0306. The molecule has 0 saturated carbocycles. The number of aldehydes is 1. The lowest BCUT2D eigenvalue weighted by atomic mass is 10.1. The van der Waals surface area contributed by atoms with Crippen molar-refractivity contribution in [1.29, 1.82) is 0 Å². The molecular formula is C17H18O3. The molecule has 0 aliphatic heterocycles. The van der Waals surface area contributed by atoms with E-state index in [1.165, 1.54) is 23.3 Å². The minimum atomic E-state index is 0.0306. The normalized spacial score (nSPS) is 10.3. The van der Waals surface area contributed by atoms with Crippen molar-refractivity contribution in [2.75, 3.05) is 0 Å². The fourth-order valence-electron chi connectivity index (χ4n) is 2.16. The van der Waals surface area contributed by atoms with E-state index >= 15 is 0 Å². The van der Waals surface area contributed by atoms with E-state index in [9.17, 15) is 9.90 Å². The summed E-state index contributed by atoms with van der Waals surface area (Å²) < 4.78 is 5.65. The lowest BCUT2D eigenvalue weighted by molar-refractivity contribution is 0.112. The van der Waals surface area contributed by atoms with E-state index in [-0.39, 0.29) is 5.75 Å². The molecule has 3 nitrogen and oxygen atoms in total. The van der Waals surface area contributed by atoms with Gasteiger partial charge in [0.25, 0.3) is 0 Å². The zero-order chi connectivity index (χ0) is 14.5. The molecule has 3 heteroatoms. The third-order valence-electron chi connectivity index (χ3n) is 3.06. The van der Waals surface area contributed by atoms with Crippen molar-refractivity contribution in [2.45, 2.75) is 26.9 Å². The van der Waals surface area contributed by atoms with Crippen molar-refractivity contribution in [3.05, 3.63) is 58.7 Å². The van der Waals surface area contributed by atoms with Crippen LogP contribution >= 0.6 is 0 Å². The number of phenolic OH excluding ortho intramolecular Hbond substituents is 1. The average molecular weight is 270 g/mol. The maximum absolute atomic E-state index is 10.7. The predicted molar refractivity (Wildman–Crippen MR) is 78.4 cm³/mol. The number of ether oxygens (including phenoxy) is 1. The highest BCUT2D eigenvalue weighted by Crippen LogP contribution is 2.22. The molecule has 104 valence electrons. The number of carbonyl (C=O) groups excluding carboxylic acids is 1. The lowest BCUT2D eigenvalue weighted by Gasteiger charge is -2.09. The van der Waals surface area contributed by atoms with Gasteiger partial charge in [0.1, 0.15) is 24.4 Å². The van der Waals surface area contributed by atoms with Gasteiger partial charge in [-0.05, 0) is 36.6 Å². The maximum atomic E-state index is 10.7. The first kappa shape index (κ1) is 14.1. The Kier molecular flexibility index (Phi) is 4.41. The molecule has 0 radical (unpaired) electrons. The second kappa shape index (κ2) is 6.24. The number of rotatable bonds is 5. The van der Waals surface area contributed by atoms with Gasteiger partial charge in [-0.25, -0.2) is 0 Å². The summed E-state index contributed by atoms with van der Waals surface area (Å²) in [5.74, 6) is 0.523. The van der Waals surface area contributed by atoms with Gasteiger partial charge in [0.15, 0.2) is 0 Å². The van der Waals surface area contributed by atoms with Crippen LogP contribution in [0.15, 0.2) is 36.4 Å². The molecule has 0 heterocycles. The largest absolute Gasteiger partial charge is 0.508 e. The highest BCUT2D eigenvalue weighted by Gasteiger charge is 2.03. The van der Waals surface area contributed by atoms with E-state index in [4.69, 9.17) is 4.74 Å². The van der Waals surface area contributed by atoms with Gasteiger partial charge in [-0.1, -0.05) is 30.7 Å². The number of aromatic hydroxyl groups is 1. The van der Waals surface area contributed by atoms with Crippen LogP contribution in [0.1, 0.15) is 34.0 Å². The predicted octanol–water partition coefficient (Wildman–Crippen LogP) is 3.65. The quantitative estimate of drug-likeness (QED) is 0.843. The van der Waals surface area contributed by atoms with Gasteiger partial charge >= 0.3 is 0 Å². The highest BCUT2D eigenvalue weighted by atomic mass is 16.5. The van der Waals surface area contributed by atoms with E-state index in [2.05, 4.69) is 32.0 Å². The maximum Gasteiger partial charge on any atom is 0.150 e. The van der Waals surface area contributed by atoms with Crippen LogP contribution in [0.4, 0.5) is 0 Å². The van der Waals surface area contributed by atoms with E-state index in [1.54, 1.807) is 6.07 Å². The molecule has 0 saturated heterocycles. The minimum Gasteiger partial charge on any atom is -0.508 e. The number of benzene rings is 2. The van der Waals surface area contributed by atoms with Crippen LogP contribution in [0, 0.1) is 6.92 Å². The molecule has 2 aromatic carbocycles. The summed E-state index contributed by atoms with van der Waals surface area (Å²) in [4.78, 5) is 10.7. The molecule has 0 spiro atoms. The van der Waals surface area contributed by atoms with Crippen LogP contribution in [-0.4, -0.2) is 11.4 Å². The summed E-state index contributed by atoms with van der Waals surface area (Å²) in [5.41, 5.74) is 3.96. The molecule has 0 aromatic heterocycles. The fourth-order valence-corrected chi connectivity index (χ4v) is 2.16. The monoisotopic (exact) mass is 270 g/mol. The van der Waals surface area contributed by atoms with Gasteiger partial charge in [-0.15, -0.1) is 0 Å². The second-order valence-corrected chi connectivity index (χ2v) is 4.85. The molecule has 2 rings (SSSR count). The number of aryl methyl sites for hydroxylation is 2. The third kappa shape index (κ3) is 3.60. The van der Waals surface area contributed by atoms with Crippen molar-refractivity contribution < 1.29 is 14.6 Å². The Bertz CT molecular complexity index is 618. The first-order valence-corrected chi connectivity index (χ1v) is 6.62. The number of hydrogen-bond acceptors (Lipinski definition) is 3. The van der Waals surface area contributed by atoms with Crippen molar-refractivity contribution in [2.24, 2.45) is 0 Å². The van der Waals surface area contributed by atoms with Crippen LogP contribution in [0.25, 0.3) is 0 Å². The van der Waals surface area contributed by atoms with Gasteiger partial charge in [0, 0.05) is 11.6 Å². The molecular weight excluding hydrogens is 252 g/mol. The summed E-state index contributed by atoms with van der Waals surface area (Å²) >= 11 is 0. The lowest BCUT2D eigenvalue weighted by Crippen LogP contribution is -1.98. The third-order valence-corrected chi connectivity index (χ3v) is 3.06. The molecule has 0 amide bonds. The van der Waals surface area contributed by atoms with Gasteiger partial charge in [0.2, 0.25) is 0 Å². The van der Waals surface area contributed by atoms with Crippen LogP contribution in [0.2, 0.25) is 0 Å². The molecule has 0 fully saturated rings. The molecule has 0 aliphatic carbocycles. The molecule has 0 bridgehead atoms. The Morgan fingerprint density at radius 3 is 2.55 bits per heavy atom. The van der Waals surface area contributed by atoms with Gasteiger partial charge < -0.3 is 9.84 Å². The summed E-state index contributed by atoms with van der Waals surface area (Å²) in [6.07, 6.45) is 1.67. The molecule has 1 N–H and O–H groups in total. The van der Waals surface area contributed by atoms with Crippen molar-refractivity contribution in [1.82, 2.24) is 0 Å². The Morgan fingerprint density at radius 2 is 1.85 bits per heavy atom. The van der Waals surface area contributed by atoms with E-state index in [0.29, 0.717) is 24.2 Å². The molecule has 0 atom stereocenters. The van der Waals surface area contributed by atoms with Crippen molar-refractivity contribution in [3.63, 3.8) is 0 Å². The average Bonchev–Trinajstić information content (AvgIpc) is 2.44. The molecule has 0 aliphatic rings. The summed E-state index contributed by atoms with van der Waals surface area (Å²) in [6, 6.07) is 10.9. The van der Waals surface area contributed by atoms with Gasteiger partial charge in [0.05, 0.1) is 0 Å². The molecule has 20 heavy (non-hydrogen) atoms. The summed E-state index contributed by atoms with van der Waals surface area (Å²) in [5, 5.41) is 9.51. The Hall–Kier alpha value is -2.29. The summed E-state index contributed by atoms with van der Waals surface area (Å²) in [6.45, 7) is 4.59. The standard InChI is InChI=1S/C17H18O3/c1-3-13-4-12(2)5-15(6-13)11-20-17-8-14(10-18)7-16(19)9-17/h4-10,19H,3,11H2,1-2H3. The van der Waals surface area contributed by atoms with Gasteiger partial charge in [-0.3, -0.25) is 4.79 Å². The molecule has 0 unspecified atom stereocenters. The Morgan fingerprint density at radius 1 is 1.10 bits per heavy atom. The highest BCUT2D eigenvalue weighted by molar-refractivity contribution is 5.76. The van der Waals surface area contributed by atoms with Crippen LogP contribution in [-0.2, 0) is 13.0 Å². The number of phenols is 1. The topological polar surface area (TPSA) is 46.5 Å². The zero-order valence-corrected chi connectivity index (χ0v) is 11.7. The number of hydrogen-bond donors (Lipinski definition) is 1. The van der Waals surface area contributed by atoms with Crippen molar-refractivity contribution in [3.8, 4) is 11.5 Å². The van der Waals surface area contributed by atoms with Gasteiger partial charge in [-0.2, -0.15) is 0 Å². The second-order valence-electron chi connectivity index (χ2n) is 4.85. The fraction of sp³-hybridized carbons (Fsp3) is 0.235. The molecule has 2 aromatic rings. The summed E-state index contributed by atoms with van der Waals surface area (Å²) in [7, 11) is 0. The Balaban J connectivity index is 2.14. The first-order valence-electron chi connectivity index (χ1n) is 6.62. The van der Waals surface area contributed by atoms with Crippen LogP contribution < -0.4 is 4.74 Å². The van der Waals surface area contributed by atoms with E-state index in [0.717, 1.165) is 12.0 Å². The SMILES string of the molecule is CCc1cc(C)cc(COc2cc(O)cc(C=O)c2)c1. The number of carbonyl (C=O) groups is 1. The van der Waals surface area contributed by atoms with E-state index < -0.39 is 0 Å². The zero-order valence-electron chi connectivity index (χ0n) is 11.7. The van der Waals surface area contributed by atoms with Crippen LogP contribution in [0.3, 0.4) is 0 Å².